The Morgan fingerprint density at radius 1 is 1.32 bits per heavy atom. The Labute approximate surface area is 134 Å². The number of aromatic nitrogens is 4. The second-order valence-corrected chi connectivity index (χ2v) is 5.70. The van der Waals surface area contributed by atoms with Crippen LogP contribution in [0.1, 0.15) is 12.5 Å². The van der Waals surface area contributed by atoms with E-state index in [1.165, 1.54) is 5.56 Å². The molecule has 0 atom stereocenters. The molecule has 1 aromatic carbocycles. The van der Waals surface area contributed by atoms with Crippen LogP contribution in [0, 0.1) is 0 Å². The van der Waals surface area contributed by atoms with Gasteiger partial charge in [0.25, 0.3) is 0 Å². The van der Waals surface area contributed by atoms with E-state index in [0.717, 1.165) is 35.5 Å². The van der Waals surface area contributed by atoms with Gasteiger partial charge in [-0.2, -0.15) is 0 Å². The fourth-order valence-electron chi connectivity index (χ4n) is 1.96. The van der Waals surface area contributed by atoms with E-state index in [4.69, 9.17) is 9.47 Å². The number of tetrazole rings is 1. The van der Waals surface area contributed by atoms with E-state index in [-0.39, 0.29) is 0 Å². The van der Waals surface area contributed by atoms with Crippen LogP contribution in [-0.2, 0) is 13.6 Å². The molecular formula is C14H22N5O2S+. The topological polar surface area (TPSA) is 78.7 Å². The molecule has 0 saturated heterocycles. The Hall–Kier alpha value is -1.80. The van der Waals surface area contributed by atoms with Gasteiger partial charge >= 0.3 is 0 Å². The number of hydrogen-bond donors (Lipinski definition) is 1. The first-order valence-electron chi connectivity index (χ1n) is 7.21. The van der Waals surface area contributed by atoms with E-state index in [1.807, 2.05) is 26.1 Å². The van der Waals surface area contributed by atoms with E-state index in [9.17, 15) is 0 Å². The van der Waals surface area contributed by atoms with Crippen LogP contribution < -0.4 is 14.8 Å². The molecule has 0 bridgehead atoms. The first kappa shape index (κ1) is 16.6. The smallest absolute Gasteiger partial charge is 0.209 e. The Bertz CT molecular complexity index is 590. The average molecular weight is 324 g/mol. The minimum Gasteiger partial charge on any atom is -0.493 e. The van der Waals surface area contributed by atoms with E-state index >= 15 is 0 Å². The predicted molar refractivity (Wildman–Crippen MR) is 84.2 cm³/mol. The minimum absolute atomic E-state index is 0.635. The molecule has 2 rings (SSSR count). The summed E-state index contributed by atoms with van der Waals surface area (Å²) in [6, 6.07) is 6.07. The van der Waals surface area contributed by atoms with Crippen molar-refractivity contribution in [1.82, 2.24) is 20.2 Å². The quantitative estimate of drug-likeness (QED) is 0.534. The molecule has 0 saturated carbocycles. The molecule has 0 aliphatic rings. The second kappa shape index (κ2) is 8.60. The fourth-order valence-corrected chi connectivity index (χ4v) is 2.74. The number of ether oxygens (including phenoxy) is 2. The van der Waals surface area contributed by atoms with E-state index in [2.05, 4.69) is 26.9 Å². The molecule has 2 N–H and O–H groups in total. The van der Waals surface area contributed by atoms with Crippen LogP contribution in [-0.4, -0.2) is 46.2 Å². The number of hydrogen-bond acceptors (Lipinski definition) is 6. The number of rotatable bonds is 9. The van der Waals surface area contributed by atoms with Gasteiger partial charge in [-0.15, -0.1) is 5.10 Å². The zero-order chi connectivity index (χ0) is 15.8. The Balaban J connectivity index is 1.76. The van der Waals surface area contributed by atoms with Crippen molar-refractivity contribution in [3.8, 4) is 11.5 Å². The lowest BCUT2D eigenvalue weighted by molar-refractivity contribution is -0.666. The van der Waals surface area contributed by atoms with Gasteiger partial charge in [-0.1, -0.05) is 11.8 Å². The highest BCUT2D eigenvalue weighted by atomic mass is 32.2. The van der Waals surface area contributed by atoms with Crippen LogP contribution in [0.25, 0.3) is 0 Å². The zero-order valence-electron chi connectivity index (χ0n) is 13.2. The molecule has 0 fully saturated rings. The van der Waals surface area contributed by atoms with Crippen molar-refractivity contribution in [1.29, 1.82) is 0 Å². The molecule has 0 spiro atoms. The summed E-state index contributed by atoms with van der Waals surface area (Å²) in [4.78, 5) is 0. The molecule has 0 unspecified atom stereocenters. The van der Waals surface area contributed by atoms with Gasteiger partial charge < -0.3 is 14.8 Å². The number of thioether (sulfide) groups is 1. The lowest BCUT2D eigenvalue weighted by atomic mass is 10.2. The number of aryl methyl sites for hydroxylation is 1. The van der Waals surface area contributed by atoms with Crippen molar-refractivity contribution >= 4 is 11.8 Å². The minimum atomic E-state index is 0.635. The third-order valence-corrected chi connectivity index (χ3v) is 4.09. The van der Waals surface area contributed by atoms with Gasteiger partial charge in [-0.3, -0.25) is 0 Å². The van der Waals surface area contributed by atoms with Gasteiger partial charge in [0.15, 0.2) is 11.5 Å². The van der Waals surface area contributed by atoms with Gasteiger partial charge in [0, 0.05) is 12.6 Å². The van der Waals surface area contributed by atoms with Crippen LogP contribution >= 0.6 is 11.8 Å². The zero-order valence-corrected chi connectivity index (χ0v) is 14.0. The molecule has 1 heterocycles. The summed E-state index contributed by atoms with van der Waals surface area (Å²) in [5.41, 5.74) is 1.21. The molecule has 2 aromatic rings. The Morgan fingerprint density at radius 2 is 2.18 bits per heavy atom. The van der Waals surface area contributed by atoms with Gasteiger partial charge in [-0.05, 0) is 35.5 Å². The lowest BCUT2D eigenvalue weighted by Crippen LogP contribution is -2.83. The van der Waals surface area contributed by atoms with Crippen molar-refractivity contribution in [2.24, 2.45) is 7.05 Å². The third kappa shape index (κ3) is 4.60. The molecular weight excluding hydrogens is 302 g/mol. The highest BCUT2D eigenvalue weighted by molar-refractivity contribution is 7.99. The molecule has 22 heavy (non-hydrogen) atoms. The molecule has 0 aliphatic carbocycles. The molecule has 0 aliphatic heterocycles. The maximum absolute atomic E-state index is 5.52. The summed E-state index contributed by atoms with van der Waals surface area (Å²) < 4.78 is 12.6. The molecule has 120 valence electrons. The van der Waals surface area contributed by atoms with Crippen LogP contribution in [0.15, 0.2) is 23.4 Å². The molecule has 8 heteroatoms. The SMILES string of the molecule is CCOc1ccc(C[NH2+]CCSc2nnnn2C)cc1OC. The van der Waals surface area contributed by atoms with Crippen LogP contribution in [0.4, 0.5) is 0 Å². The maximum Gasteiger partial charge on any atom is 0.209 e. The average Bonchev–Trinajstić information content (AvgIpc) is 2.93. The normalized spacial score (nSPS) is 10.7. The first-order chi connectivity index (χ1) is 10.7. The summed E-state index contributed by atoms with van der Waals surface area (Å²) in [7, 11) is 3.51. The van der Waals surface area contributed by atoms with Crippen molar-refractivity contribution in [2.45, 2.75) is 18.6 Å². The lowest BCUT2D eigenvalue weighted by Gasteiger charge is -2.10. The molecule has 0 amide bonds. The van der Waals surface area contributed by atoms with Crippen LogP contribution in [0.5, 0.6) is 11.5 Å². The number of benzene rings is 1. The van der Waals surface area contributed by atoms with E-state index < -0.39 is 0 Å². The maximum atomic E-state index is 5.52. The summed E-state index contributed by atoms with van der Waals surface area (Å²) >= 11 is 1.66. The third-order valence-electron chi connectivity index (χ3n) is 3.04. The standard InChI is InChI=1S/C14H21N5O2S/c1-4-21-12-6-5-11(9-13(12)20-3)10-15-7-8-22-14-16-17-18-19(14)2/h5-6,9,15H,4,7-8,10H2,1-3H3/p+1. The van der Waals surface area contributed by atoms with E-state index in [1.54, 1.807) is 23.6 Å². The van der Waals surface area contributed by atoms with Gasteiger partial charge in [0.2, 0.25) is 5.16 Å². The van der Waals surface area contributed by atoms with Crippen LogP contribution in [0.3, 0.4) is 0 Å². The van der Waals surface area contributed by atoms with Gasteiger partial charge in [-0.25, -0.2) is 4.68 Å². The summed E-state index contributed by atoms with van der Waals surface area (Å²) in [5, 5.41) is 14.5. The second-order valence-electron chi connectivity index (χ2n) is 4.63. The number of nitrogens with two attached hydrogens (primary N) is 1. The monoisotopic (exact) mass is 324 g/mol. The van der Waals surface area contributed by atoms with Crippen molar-refractivity contribution in [3.05, 3.63) is 23.8 Å². The van der Waals surface area contributed by atoms with Crippen molar-refractivity contribution in [3.63, 3.8) is 0 Å². The van der Waals surface area contributed by atoms with Crippen molar-refractivity contribution in [2.75, 3.05) is 26.0 Å². The highest BCUT2D eigenvalue weighted by Gasteiger charge is 2.07. The van der Waals surface area contributed by atoms with E-state index in [0.29, 0.717) is 6.61 Å². The van der Waals surface area contributed by atoms with Gasteiger partial charge in [0.1, 0.15) is 6.54 Å². The van der Waals surface area contributed by atoms with Gasteiger partial charge in [0.05, 0.1) is 26.0 Å². The summed E-state index contributed by atoms with van der Waals surface area (Å²) in [6.45, 7) is 4.49. The summed E-state index contributed by atoms with van der Waals surface area (Å²) in [5.74, 6) is 2.54. The van der Waals surface area contributed by atoms with Crippen molar-refractivity contribution < 1.29 is 14.8 Å². The molecule has 7 nitrogen and oxygen atoms in total. The number of methoxy groups -OCH3 is 1. The number of nitrogens with zero attached hydrogens (tertiary/aromatic N) is 4. The largest absolute Gasteiger partial charge is 0.493 e. The van der Waals surface area contributed by atoms with Crippen LogP contribution in [0.2, 0.25) is 0 Å². The molecule has 1 aromatic heterocycles. The Kier molecular flexibility index (Phi) is 6.47. The Morgan fingerprint density at radius 3 is 2.86 bits per heavy atom. The molecule has 0 radical (unpaired) electrons. The predicted octanol–water partition coefficient (Wildman–Crippen LogP) is 0.473. The highest BCUT2D eigenvalue weighted by Crippen LogP contribution is 2.27. The first-order valence-corrected chi connectivity index (χ1v) is 8.19. The number of quaternary nitrogens is 1. The summed E-state index contributed by atoms with van der Waals surface area (Å²) in [6.07, 6.45) is 0. The fraction of sp³-hybridized carbons (Fsp3) is 0.500.